The molecule has 0 saturated heterocycles. The summed E-state index contributed by atoms with van der Waals surface area (Å²) in [4.78, 5) is 11.8. The first-order valence-electron chi connectivity index (χ1n) is 10.2. The predicted molar refractivity (Wildman–Crippen MR) is 124 cm³/mol. The molecule has 1 aromatic carbocycles. The number of pyridine rings is 1. The summed E-state index contributed by atoms with van der Waals surface area (Å²) in [5, 5.41) is 5.49. The maximum absolute atomic E-state index is 13.5. The molecule has 0 amide bonds. The summed E-state index contributed by atoms with van der Waals surface area (Å²) in [5.41, 5.74) is 6.56. The van der Waals surface area contributed by atoms with Gasteiger partial charge < -0.3 is 16.4 Å². The van der Waals surface area contributed by atoms with Crippen LogP contribution in [0, 0.1) is 0 Å². The molecule has 0 saturated carbocycles. The Morgan fingerprint density at radius 3 is 2.41 bits per heavy atom. The van der Waals surface area contributed by atoms with Gasteiger partial charge in [-0.1, -0.05) is 18.2 Å². The van der Waals surface area contributed by atoms with E-state index in [-0.39, 0.29) is 30.1 Å². The number of sulfonamides is 1. The highest BCUT2D eigenvalue weighted by Gasteiger charge is 2.35. The Kier molecular flexibility index (Phi) is 7.57. The maximum atomic E-state index is 13.5. The summed E-state index contributed by atoms with van der Waals surface area (Å²) in [6.07, 6.45) is -2.65. The van der Waals surface area contributed by atoms with Crippen LogP contribution in [0.3, 0.4) is 0 Å². The molecule has 5 N–H and O–H groups in total. The van der Waals surface area contributed by atoms with Crippen molar-refractivity contribution in [2.75, 3.05) is 21.1 Å². The van der Waals surface area contributed by atoms with Crippen LogP contribution in [0.2, 0.25) is 0 Å². The zero-order chi connectivity index (χ0) is 24.9. The average Bonchev–Trinajstić information content (AvgIpc) is 2.78. The third-order valence-corrected chi connectivity index (χ3v) is 6.02. The van der Waals surface area contributed by atoms with Gasteiger partial charge in [-0.25, -0.2) is 18.4 Å². The Morgan fingerprint density at radius 1 is 1.09 bits per heavy atom. The molecular weight excluding hydrogens is 471 g/mol. The Balaban J connectivity index is 1.86. The van der Waals surface area contributed by atoms with E-state index in [9.17, 15) is 21.6 Å². The second-order valence-corrected chi connectivity index (χ2v) is 9.37. The molecule has 0 bridgehead atoms. The predicted octanol–water partition coefficient (Wildman–Crippen LogP) is 4.03. The normalized spacial score (nSPS) is 12.8. The van der Waals surface area contributed by atoms with Crippen LogP contribution in [-0.4, -0.2) is 29.1 Å². The molecule has 0 unspecified atom stereocenters. The lowest BCUT2D eigenvalue weighted by Gasteiger charge is -2.16. The van der Waals surface area contributed by atoms with Crippen molar-refractivity contribution in [3.05, 3.63) is 65.5 Å². The van der Waals surface area contributed by atoms with E-state index in [1.165, 1.54) is 13.1 Å². The van der Waals surface area contributed by atoms with Crippen LogP contribution in [0.4, 0.5) is 36.4 Å². The lowest BCUT2D eigenvalue weighted by atomic mass is 10.1. The van der Waals surface area contributed by atoms with Crippen molar-refractivity contribution in [1.82, 2.24) is 15.0 Å². The fraction of sp³-hybridized carbons (Fsp3) is 0.286. The minimum Gasteiger partial charge on any atom is -0.365 e. The van der Waals surface area contributed by atoms with Crippen LogP contribution >= 0.6 is 0 Å². The van der Waals surface area contributed by atoms with Crippen molar-refractivity contribution in [3.63, 3.8) is 0 Å². The largest absolute Gasteiger partial charge is 0.421 e. The smallest absolute Gasteiger partial charge is 0.365 e. The monoisotopic (exact) mass is 495 g/mol. The van der Waals surface area contributed by atoms with Crippen molar-refractivity contribution in [3.8, 4) is 0 Å². The highest BCUT2D eigenvalue weighted by Crippen LogP contribution is 2.34. The molecule has 0 aliphatic rings. The molecule has 34 heavy (non-hydrogen) atoms. The first-order valence-corrected chi connectivity index (χ1v) is 11.9. The molecule has 0 radical (unpaired) electrons. The van der Waals surface area contributed by atoms with E-state index in [4.69, 9.17) is 5.73 Å². The van der Waals surface area contributed by atoms with Crippen molar-refractivity contribution >= 4 is 33.3 Å². The van der Waals surface area contributed by atoms with Gasteiger partial charge >= 0.3 is 6.18 Å². The molecule has 0 aliphatic heterocycles. The van der Waals surface area contributed by atoms with E-state index in [1.54, 1.807) is 36.4 Å². The molecule has 0 aliphatic carbocycles. The minimum atomic E-state index is -4.71. The van der Waals surface area contributed by atoms with Crippen molar-refractivity contribution in [2.45, 2.75) is 32.6 Å². The fourth-order valence-electron chi connectivity index (χ4n) is 2.85. The Morgan fingerprint density at radius 2 is 1.79 bits per heavy atom. The van der Waals surface area contributed by atoms with Crippen LogP contribution in [0.15, 0.2) is 48.8 Å². The van der Waals surface area contributed by atoms with E-state index >= 15 is 0 Å². The number of halogens is 3. The number of aromatic nitrogens is 3. The van der Waals surface area contributed by atoms with Crippen LogP contribution in [0.5, 0.6) is 0 Å². The Bertz CT molecular complexity index is 1230. The number of hydrogen-bond acceptors (Lipinski definition) is 8. The number of nitrogens with one attached hydrogen (secondary N) is 3. The summed E-state index contributed by atoms with van der Waals surface area (Å²) < 4.78 is 66.8. The first-order chi connectivity index (χ1) is 16.0. The molecule has 0 fully saturated rings. The van der Waals surface area contributed by atoms with Gasteiger partial charge in [-0.2, -0.15) is 18.2 Å². The van der Waals surface area contributed by atoms with Gasteiger partial charge in [0.1, 0.15) is 17.2 Å². The molecule has 13 heteroatoms. The van der Waals surface area contributed by atoms with Crippen LogP contribution in [-0.2, 0) is 22.7 Å². The standard InChI is InChI=1S/C21H24F3N7O2S/c1-3-34(32,33)31-18-15(5-4-10-26-18)11-27-19-17(21(22,23)24)12-28-20(30-19)29-16-8-6-14(7-9-16)13(2)25/h4-10,12-13H,3,11,25H2,1-2H3,(H,26,31)(H2,27,28,29,30)/t13-/m0/s1. The van der Waals surface area contributed by atoms with E-state index in [1.807, 2.05) is 6.92 Å². The summed E-state index contributed by atoms with van der Waals surface area (Å²) in [6, 6.07) is 9.94. The van der Waals surface area contributed by atoms with Gasteiger partial charge in [-0.3, -0.25) is 4.72 Å². The highest BCUT2D eigenvalue weighted by atomic mass is 32.2. The van der Waals surface area contributed by atoms with Crippen molar-refractivity contribution in [2.24, 2.45) is 5.73 Å². The molecule has 0 spiro atoms. The molecule has 2 aromatic heterocycles. The van der Waals surface area contributed by atoms with Crippen molar-refractivity contribution in [1.29, 1.82) is 0 Å². The Labute approximate surface area is 195 Å². The summed E-state index contributed by atoms with van der Waals surface area (Å²) in [6.45, 7) is 3.12. The lowest BCUT2D eigenvalue weighted by molar-refractivity contribution is -0.137. The second-order valence-electron chi connectivity index (χ2n) is 7.36. The topological polar surface area (TPSA) is 135 Å². The summed E-state index contributed by atoms with van der Waals surface area (Å²) >= 11 is 0. The number of anilines is 4. The van der Waals surface area contributed by atoms with Gasteiger partial charge in [0.05, 0.1) is 5.75 Å². The molecule has 2 heterocycles. The number of nitrogens with two attached hydrogens (primary N) is 1. The second kappa shape index (κ2) is 10.2. The third kappa shape index (κ3) is 6.54. The van der Waals surface area contributed by atoms with Crippen LogP contribution < -0.4 is 21.1 Å². The van der Waals surface area contributed by atoms with Crippen molar-refractivity contribution < 1.29 is 21.6 Å². The molecule has 3 rings (SSSR count). The summed E-state index contributed by atoms with van der Waals surface area (Å²) in [7, 11) is -3.62. The van der Waals surface area contributed by atoms with E-state index in [0.717, 1.165) is 5.56 Å². The molecule has 9 nitrogen and oxygen atoms in total. The van der Waals surface area contributed by atoms with Gasteiger partial charge in [0.2, 0.25) is 16.0 Å². The van der Waals surface area contributed by atoms with Gasteiger partial charge in [0.25, 0.3) is 0 Å². The van der Waals surface area contributed by atoms with Gasteiger partial charge in [0, 0.05) is 36.2 Å². The van der Waals surface area contributed by atoms with E-state index in [0.29, 0.717) is 17.4 Å². The number of nitrogens with zero attached hydrogens (tertiary/aromatic N) is 3. The highest BCUT2D eigenvalue weighted by molar-refractivity contribution is 7.92. The van der Waals surface area contributed by atoms with Gasteiger partial charge in [-0.05, 0) is 37.6 Å². The number of benzene rings is 1. The van der Waals surface area contributed by atoms with Crippen LogP contribution in [0.25, 0.3) is 0 Å². The Hall–Kier alpha value is -3.45. The first kappa shape index (κ1) is 25.2. The molecule has 3 aromatic rings. The summed E-state index contributed by atoms with van der Waals surface area (Å²) in [5.74, 6) is -0.680. The average molecular weight is 496 g/mol. The SMILES string of the molecule is CCS(=O)(=O)Nc1ncccc1CNc1nc(Nc2ccc([C@H](C)N)cc2)ncc1C(F)(F)F. The third-order valence-electron chi connectivity index (χ3n) is 4.76. The maximum Gasteiger partial charge on any atom is 0.421 e. The van der Waals surface area contributed by atoms with E-state index in [2.05, 4.69) is 30.3 Å². The van der Waals surface area contributed by atoms with Crippen LogP contribution in [0.1, 0.15) is 36.6 Å². The number of alkyl halides is 3. The lowest BCUT2D eigenvalue weighted by Crippen LogP contribution is -2.18. The number of hydrogen-bond donors (Lipinski definition) is 4. The minimum absolute atomic E-state index is 0.0204. The molecular formula is C21H24F3N7O2S. The van der Waals surface area contributed by atoms with Gasteiger partial charge in [0.15, 0.2) is 0 Å². The fourth-order valence-corrected chi connectivity index (χ4v) is 3.48. The zero-order valence-electron chi connectivity index (χ0n) is 18.4. The molecule has 1 atom stereocenters. The van der Waals surface area contributed by atoms with E-state index < -0.39 is 27.6 Å². The number of rotatable bonds is 9. The molecule has 182 valence electrons. The zero-order valence-corrected chi connectivity index (χ0v) is 19.2. The van der Waals surface area contributed by atoms with Gasteiger partial charge in [-0.15, -0.1) is 0 Å². The quantitative estimate of drug-likeness (QED) is 0.350.